The van der Waals surface area contributed by atoms with Gasteiger partial charge in [0.05, 0.1) is 5.52 Å². The molecule has 0 fully saturated rings. The molecule has 3 heterocycles. The van der Waals surface area contributed by atoms with Gasteiger partial charge in [0.1, 0.15) is 24.7 Å². The van der Waals surface area contributed by atoms with Crippen LogP contribution < -0.4 is 14.8 Å². The maximum atomic E-state index is 6.34. The molecule has 3 aromatic carbocycles. The minimum absolute atomic E-state index is 0.520. The van der Waals surface area contributed by atoms with E-state index in [2.05, 4.69) is 58.4 Å². The number of nitrogens with one attached hydrogen (secondary N) is 1. The van der Waals surface area contributed by atoms with Crippen LogP contribution in [0, 0.1) is 0 Å². The summed E-state index contributed by atoms with van der Waals surface area (Å²) in [6, 6.07) is 23.1. The highest BCUT2D eigenvalue weighted by Crippen LogP contribution is 2.39. The van der Waals surface area contributed by atoms with Crippen molar-refractivity contribution in [1.29, 1.82) is 0 Å². The number of rotatable bonds is 6. The second kappa shape index (κ2) is 8.95. The Labute approximate surface area is 195 Å². The molecule has 2 aliphatic heterocycles. The lowest BCUT2D eigenvalue weighted by molar-refractivity contribution is 0.218. The minimum atomic E-state index is 0.520. The van der Waals surface area contributed by atoms with Gasteiger partial charge in [-0.25, -0.2) is 0 Å². The van der Waals surface area contributed by atoms with Crippen molar-refractivity contribution >= 4 is 10.9 Å². The first kappa shape index (κ1) is 20.4. The third-order valence-electron chi connectivity index (χ3n) is 6.94. The van der Waals surface area contributed by atoms with Crippen molar-refractivity contribution in [2.24, 2.45) is 0 Å². The Bertz CT molecular complexity index is 1280. The number of fused-ring (bicyclic) bond motifs is 3. The number of aromatic nitrogens is 1. The lowest BCUT2D eigenvalue weighted by atomic mass is 10.0. The number of benzene rings is 3. The van der Waals surface area contributed by atoms with E-state index in [1.807, 2.05) is 18.2 Å². The molecule has 0 aliphatic carbocycles. The average molecular weight is 439 g/mol. The van der Waals surface area contributed by atoms with Crippen LogP contribution in [0.25, 0.3) is 22.0 Å². The summed E-state index contributed by atoms with van der Waals surface area (Å²) in [6.07, 6.45) is 4.57. The maximum absolute atomic E-state index is 6.34. The molecule has 0 amide bonds. The zero-order valence-electron chi connectivity index (χ0n) is 19.0. The zero-order chi connectivity index (χ0) is 22.0. The van der Waals surface area contributed by atoms with E-state index in [0.29, 0.717) is 13.2 Å². The van der Waals surface area contributed by atoms with E-state index in [1.54, 1.807) is 0 Å². The van der Waals surface area contributed by atoms with Crippen molar-refractivity contribution in [2.75, 3.05) is 26.3 Å². The summed E-state index contributed by atoms with van der Waals surface area (Å²) in [6.45, 7) is 4.28. The fourth-order valence-corrected chi connectivity index (χ4v) is 5.46. The number of ether oxygens (including phenoxy) is 2. The molecular weight excluding hydrogens is 408 g/mol. The van der Waals surface area contributed by atoms with E-state index in [1.165, 1.54) is 51.7 Å². The molecule has 0 spiro atoms. The summed E-state index contributed by atoms with van der Waals surface area (Å²) in [5, 5.41) is 4.91. The minimum Gasteiger partial charge on any atom is -0.490 e. The van der Waals surface area contributed by atoms with Crippen LogP contribution in [0.15, 0.2) is 66.7 Å². The van der Waals surface area contributed by atoms with E-state index < -0.39 is 0 Å². The van der Waals surface area contributed by atoms with Crippen LogP contribution in [0.4, 0.5) is 0 Å². The molecule has 1 aromatic heterocycles. The summed E-state index contributed by atoms with van der Waals surface area (Å²) in [5.74, 6) is 1.88. The van der Waals surface area contributed by atoms with Gasteiger partial charge >= 0.3 is 0 Å². The average Bonchev–Trinajstić information content (AvgIpc) is 3.02. The molecule has 6 rings (SSSR count). The number of hydrogen-bond acceptors (Lipinski definition) is 3. The van der Waals surface area contributed by atoms with Crippen LogP contribution in [0.5, 0.6) is 11.5 Å². The van der Waals surface area contributed by atoms with Gasteiger partial charge in [0.2, 0.25) is 0 Å². The third-order valence-corrected chi connectivity index (χ3v) is 6.94. The normalized spacial score (nSPS) is 15.2. The molecule has 1 N–H and O–H groups in total. The predicted octanol–water partition coefficient (Wildman–Crippen LogP) is 5.40. The van der Waals surface area contributed by atoms with E-state index in [4.69, 9.17) is 9.47 Å². The van der Waals surface area contributed by atoms with Gasteiger partial charge in [-0.05, 0) is 66.3 Å². The first-order valence-corrected chi connectivity index (χ1v) is 12.2. The molecule has 0 radical (unpaired) electrons. The fraction of sp³-hybridized carbons (Fsp3) is 0.310. The van der Waals surface area contributed by atoms with Gasteiger partial charge < -0.3 is 19.4 Å². The Kier molecular flexibility index (Phi) is 5.53. The second-order valence-electron chi connectivity index (χ2n) is 8.97. The van der Waals surface area contributed by atoms with Gasteiger partial charge in [-0.1, -0.05) is 48.5 Å². The van der Waals surface area contributed by atoms with Gasteiger partial charge in [0.15, 0.2) is 0 Å². The molecule has 2 aliphatic rings. The monoisotopic (exact) mass is 438 g/mol. The molecule has 4 nitrogen and oxygen atoms in total. The Morgan fingerprint density at radius 3 is 2.58 bits per heavy atom. The highest BCUT2D eigenvalue weighted by Gasteiger charge is 2.25. The Morgan fingerprint density at radius 2 is 1.64 bits per heavy atom. The van der Waals surface area contributed by atoms with Gasteiger partial charge in [0.25, 0.3) is 0 Å². The van der Waals surface area contributed by atoms with E-state index in [-0.39, 0.29) is 0 Å². The predicted molar refractivity (Wildman–Crippen MR) is 133 cm³/mol. The van der Waals surface area contributed by atoms with Crippen LogP contribution in [0.1, 0.15) is 23.2 Å². The molecule has 33 heavy (non-hydrogen) atoms. The SMILES string of the molecule is c1ccc(-c2cccc(OCCOc3ccc4c5c3c3c(n5CCC4)CCNCC3)c2)cc1. The summed E-state index contributed by atoms with van der Waals surface area (Å²) in [7, 11) is 0. The van der Waals surface area contributed by atoms with Crippen LogP contribution in [-0.2, 0) is 25.8 Å². The highest BCUT2D eigenvalue weighted by atomic mass is 16.5. The van der Waals surface area contributed by atoms with E-state index in [0.717, 1.165) is 44.0 Å². The van der Waals surface area contributed by atoms with Crippen molar-refractivity contribution in [3.05, 3.63) is 83.6 Å². The molecule has 0 unspecified atom stereocenters. The number of aryl methyl sites for hydroxylation is 2. The molecular formula is C29H30N2O2. The first-order chi connectivity index (χ1) is 16.4. The van der Waals surface area contributed by atoms with Crippen molar-refractivity contribution in [3.63, 3.8) is 0 Å². The van der Waals surface area contributed by atoms with E-state index >= 15 is 0 Å². The summed E-state index contributed by atoms with van der Waals surface area (Å²) >= 11 is 0. The Balaban J connectivity index is 1.20. The smallest absolute Gasteiger partial charge is 0.129 e. The lowest BCUT2D eigenvalue weighted by Crippen LogP contribution is -2.18. The van der Waals surface area contributed by atoms with Gasteiger partial charge in [-0.3, -0.25) is 0 Å². The quantitative estimate of drug-likeness (QED) is 0.410. The van der Waals surface area contributed by atoms with Crippen LogP contribution >= 0.6 is 0 Å². The van der Waals surface area contributed by atoms with Crippen LogP contribution in [0.2, 0.25) is 0 Å². The molecule has 168 valence electrons. The summed E-state index contributed by atoms with van der Waals surface area (Å²) in [5.41, 5.74) is 8.26. The Hall–Kier alpha value is -3.24. The molecule has 0 saturated heterocycles. The van der Waals surface area contributed by atoms with Crippen molar-refractivity contribution in [3.8, 4) is 22.6 Å². The highest BCUT2D eigenvalue weighted by molar-refractivity contribution is 5.94. The summed E-state index contributed by atoms with van der Waals surface area (Å²) in [4.78, 5) is 0. The van der Waals surface area contributed by atoms with Gasteiger partial charge in [0, 0.05) is 30.6 Å². The second-order valence-corrected chi connectivity index (χ2v) is 8.97. The number of nitrogens with zero attached hydrogens (tertiary/aromatic N) is 1. The molecule has 4 aromatic rings. The molecule has 0 saturated carbocycles. The van der Waals surface area contributed by atoms with E-state index in [9.17, 15) is 0 Å². The Morgan fingerprint density at radius 1 is 0.788 bits per heavy atom. The van der Waals surface area contributed by atoms with Crippen molar-refractivity contribution in [2.45, 2.75) is 32.2 Å². The lowest BCUT2D eigenvalue weighted by Gasteiger charge is -2.19. The van der Waals surface area contributed by atoms with Crippen LogP contribution in [-0.4, -0.2) is 30.9 Å². The summed E-state index contributed by atoms with van der Waals surface area (Å²) < 4.78 is 15.0. The topological polar surface area (TPSA) is 35.4 Å². The standard InChI is InChI=1S/C29H30N2O2/c1-2-6-21(7-3-1)23-8-4-10-24(20-23)32-18-19-33-27-12-11-22-9-5-17-31-26-14-16-30-15-13-25(26)28(27)29(22)31/h1-4,6-8,10-12,20,30H,5,9,13-19H2. The molecule has 0 bridgehead atoms. The van der Waals surface area contributed by atoms with Gasteiger partial charge in [-0.15, -0.1) is 0 Å². The van der Waals surface area contributed by atoms with Crippen molar-refractivity contribution in [1.82, 2.24) is 9.88 Å². The van der Waals surface area contributed by atoms with Crippen LogP contribution in [0.3, 0.4) is 0 Å². The van der Waals surface area contributed by atoms with Crippen molar-refractivity contribution < 1.29 is 9.47 Å². The number of hydrogen-bond donors (Lipinski definition) is 1. The molecule has 4 heteroatoms. The maximum Gasteiger partial charge on any atom is 0.129 e. The largest absolute Gasteiger partial charge is 0.490 e. The fourth-order valence-electron chi connectivity index (χ4n) is 5.46. The van der Waals surface area contributed by atoms with Gasteiger partial charge in [-0.2, -0.15) is 0 Å². The first-order valence-electron chi connectivity index (χ1n) is 12.2. The zero-order valence-corrected chi connectivity index (χ0v) is 19.0. The molecule has 0 atom stereocenters. The third kappa shape index (κ3) is 3.89.